The molecule has 3 heterocycles. The zero-order valence-electron chi connectivity index (χ0n) is 17.2. The number of tetrazole rings is 1. The summed E-state index contributed by atoms with van der Waals surface area (Å²) in [7, 11) is 0. The number of aromatic amines is 2. The second kappa shape index (κ2) is 9.12. The largest absolute Gasteiger partial charge is 0.322 e. The molecule has 0 aliphatic rings. The fourth-order valence-corrected chi connectivity index (χ4v) is 3.24. The summed E-state index contributed by atoms with van der Waals surface area (Å²) in [5.74, 6) is 0.268. The number of pyridine rings is 1. The molecule has 1 unspecified atom stereocenters. The summed E-state index contributed by atoms with van der Waals surface area (Å²) in [5, 5.41) is 25.6. The zero-order chi connectivity index (χ0) is 21.6. The molecule has 3 aromatic heterocycles. The number of hydrogen-bond donors (Lipinski definition) is 3. The van der Waals surface area contributed by atoms with Crippen LogP contribution in [-0.2, 0) is 0 Å². The number of benzene rings is 1. The lowest BCUT2D eigenvalue weighted by Crippen LogP contribution is -2.22. The molecule has 0 saturated carbocycles. The van der Waals surface area contributed by atoms with Crippen molar-refractivity contribution in [2.45, 2.75) is 26.2 Å². The summed E-state index contributed by atoms with van der Waals surface area (Å²) < 4.78 is 0. The predicted molar refractivity (Wildman–Crippen MR) is 117 cm³/mol. The number of amides is 1. The van der Waals surface area contributed by atoms with Crippen molar-refractivity contribution in [3.63, 3.8) is 0 Å². The molecular weight excluding hydrogens is 392 g/mol. The minimum Gasteiger partial charge on any atom is -0.322 e. The molecule has 0 spiro atoms. The molecule has 0 bridgehead atoms. The first kappa shape index (κ1) is 20.1. The lowest BCUT2D eigenvalue weighted by Gasteiger charge is -2.10. The Morgan fingerprint density at radius 2 is 2.16 bits per heavy atom. The third-order valence-electron chi connectivity index (χ3n) is 4.79. The van der Waals surface area contributed by atoms with E-state index in [1.165, 1.54) is 0 Å². The Kier molecular flexibility index (Phi) is 5.93. The second-order valence-electron chi connectivity index (χ2n) is 7.02. The van der Waals surface area contributed by atoms with Gasteiger partial charge >= 0.3 is 0 Å². The molecule has 1 atom stereocenters. The van der Waals surface area contributed by atoms with Gasteiger partial charge in [0.05, 0.1) is 11.1 Å². The Morgan fingerprint density at radius 1 is 1.26 bits per heavy atom. The highest BCUT2D eigenvalue weighted by atomic mass is 16.1. The van der Waals surface area contributed by atoms with E-state index in [2.05, 4.69) is 41.1 Å². The van der Waals surface area contributed by atoms with E-state index >= 15 is 0 Å². The number of hydrogen-bond acceptors (Lipinski definition) is 6. The highest BCUT2D eigenvalue weighted by Gasteiger charge is 2.15. The van der Waals surface area contributed by atoms with Gasteiger partial charge in [-0.3, -0.25) is 14.9 Å². The van der Waals surface area contributed by atoms with E-state index in [-0.39, 0.29) is 11.8 Å². The van der Waals surface area contributed by atoms with Gasteiger partial charge in [-0.2, -0.15) is 10.3 Å². The maximum absolute atomic E-state index is 12.6. The highest BCUT2D eigenvalue weighted by Crippen LogP contribution is 2.28. The van der Waals surface area contributed by atoms with Gasteiger partial charge in [0.15, 0.2) is 0 Å². The van der Waals surface area contributed by atoms with Gasteiger partial charge in [0.1, 0.15) is 0 Å². The summed E-state index contributed by atoms with van der Waals surface area (Å²) in [6.07, 6.45) is 9.94. The molecule has 31 heavy (non-hydrogen) atoms. The van der Waals surface area contributed by atoms with Gasteiger partial charge in [-0.25, -0.2) is 0 Å². The third kappa shape index (κ3) is 4.55. The first-order valence-corrected chi connectivity index (χ1v) is 9.97. The molecule has 9 nitrogen and oxygen atoms in total. The lowest BCUT2D eigenvalue weighted by atomic mass is 10.0. The molecule has 0 aliphatic carbocycles. The zero-order valence-corrected chi connectivity index (χ0v) is 17.2. The first-order valence-electron chi connectivity index (χ1n) is 9.97. The van der Waals surface area contributed by atoms with Crippen LogP contribution >= 0.6 is 0 Å². The van der Waals surface area contributed by atoms with Crippen molar-refractivity contribution >= 4 is 16.8 Å². The van der Waals surface area contributed by atoms with E-state index in [9.17, 15) is 4.79 Å². The molecule has 0 fully saturated rings. The molecular formula is C22H22N8O. The van der Waals surface area contributed by atoms with Crippen LogP contribution < -0.4 is 5.32 Å². The topological polar surface area (TPSA) is 125 Å². The quantitative estimate of drug-likeness (QED) is 0.397. The predicted octanol–water partition coefficient (Wildman–Crippen LogP) is 3.52. The fraction of sp³-hybridized carbons (Fsp3) is 0.182. The molecule has 9 heteroatoms. The SMILES string of the molecule is CC/C=C\C(=C/C(C)c1[nH]nc2ccc(-c3nn[nH]n3)cc12)NC(=O)c1cccnc1. The maximum Gasteiger partial charge on any atom is 0.257 e. The van der Waals surface area contributed by atoms with Crippen LogP contribution in [0.5, 0.6) is 0 Å². The van der Waals surface area contributed by atoms with E-state index in [1.807, 2.05) is 50.3 Å². The molecule has 156 valence electrons. The van der Waals surface area contributed by atoms with Crippen molar-refractivity contribution in [1.82, 2.24) is 41.1 Å². The van der Waals surface area contributed by atoms with Crippen LogP contribution in [0.1, 0.15) is 42.2 Å². The molecule has 3 N–H and O–H groups in total. The van der Waals surface area contributed by atoms with Crippen LogP contribution in [0.25, 0.3) is 22.3 Å². The lowest BCUT2D eigenvalue weighted by molar-refractivity contribution is 0.0966. The Morgan fingerprint density at radius 3 is 2.90 bits per heavy atom. The molecule has 1 aromatic carbocycles. The van der Waals surface area contributed by atoms with E-state index in [0.717, 1.165) is 28.6 Å². The molecule has 0 aliphatic heterocycles. The van der Waals surface area contributed by atoms with Gasteiger partial charge in [-0.1, -0.05) is 26.0 Å². The van der Waals surface area contributed by atoms with Gasteiger partial charge in [0.2, 0.25) is 5.82 Å². The Hall–Kier alpha value is -4.14. The first-order chi connectivity index (χ1) is 15.2. The maximum atomic E-state index is 12.6. The van der Waals surface area contributed by atoms with E-state index in [0.29, 0.717) is 17.1 Å². The van der Waals surface area contributed by atoms with Crippen LogP contribution in [0.4, 0.5) is 0 Å². The standard InChI is InChI=1S/C22H22N8O/c1-3-4-7-17(24-22(31)16-6-5-10-23-13-16)11-14(2)20-18-12-15(21-27-29-30-28-21)8-9-19(18)25-26-20/h4-14H,3H2,1-2H3,(H,24,31)(H,25,26)(H,27,28,29,30)/b7-4-,17-11+. The van der Waals surface area contributed by atoms with Gasteiger partial charge < -0.3 is 5.32 Å². The van der Waals surface area contributed by atoms with Crippen molar-refractivity contribution in [2.24, 2.45) is 0 Å². The smallest absolute Gasteiger partial charge is 0.257 e. The number of aromatic nitrogens is 7. The minimum atomic E-state index is -0.207. The number of rotatable bonds is 7. The normalized spacial score (nSPS) is 13.0. The number of carbonyl (C=O) groups is 1. The van der Waals surface area contributed by atoms with Crippen LogP contribution in [0.15, 0.2) is 66.7 Å². The highest BCUT2D eigenvalue weighted by molar-refractivity contribution is 5.95. The number of H-pyrrole nitrogens is 2. The number of allylic oxidation sites excluding steroid dienone is 3. The molecule has 1 amide bonds. The number of nitrogens with one attached hydrogen (secondary N) is 3. The Bertz CT molecular complexity index is 1230. The van der Waals surface area contributed by atoms with Crippen molar-refractivity contribution in [3.8, 4) is 11.4 Å². The van der Waals surface area contributed by atoms with Crippen molar-refractivity contribution in [2.75, 3.05) is 0 Å². The summed E-state index contributed by atoms with van der Waals surface area (Å²) in [5.41, 5.74) is 3.82. The van der Waals surface area contributed by atoms with Crippen LogP contribution in [0.2, 0.25) is 0 Å². The van der Waals surface area contributed by atoms with Crippen LogP contribution in [0.3, 0.4) is 0 Å². The summed E-state index contributed by atoms with van der Waals surface area (Å²) in [6, 6.07) is 9.27. The van der Waals surface area contributed by atoms with Crippen LogP contribution in [0, 0.1) is 0 Å². The summed E-state index contributed by atoms with van der Waals surface area (Å²) in [6.45, 7) is 4.09. The average Bonchev–Trinajstić information content (AvgIpc) is 3.47. The van der Waals surface area contributed by atoms with E-state index < -0.39 is 0 Å². The number of nitrogens with zero attached hydrogens (tertiary/aromatic N) is 5. The van der Waals surface area contributed by atoms with Gasteiger partial charge in [0.25, 0.3) is 5.91 Å². The third-order valence-corrected chi connectivity index (χ3v) is 4.79. The monoisotopic (exact) mass is 414 g/mol. The Labute approximate surface area is 178 Å². The Balaban J connectivity index is 1.64. The van der Waals surface area contributed by atoms with Gasteiger partial charge in [0, 0.05) is 40.7 Å². The summed E-state index contributed by atoms with van der Waals surface area (Å²) in [4.78, 5) is 16.6. The van der Waals surface area contributed by atoms with Crippen molar-refractivity contribution in [3.05, 3.63) is 77.9 Å². The fourth-order valence-electron chi connectivity index (χ4n) is 3.24. The molecule has 0 saturated heterocycles. The van der Waals surface area contributed by atoms with E-state index in [4.69, 9.17) is 0 Å². The molecule has 4 aromatic rings. The summed E-state index contributed by atoms with van der Waals surface area (Å²) >= 11 is 0. The number of carbonyl (C=O) groups excluding carboxylic acids is 1. The molecule has 0 radical (unpaired) electrons. The minimum absolute atomic E-state index is 0.0452. The second-order valence-corrected chi connectivity index (χ2v) is 7.02. The number of fused-ring (bicyclic) bond motifs is 1. The van der Waals surface area contributed by atoms with Crippen LogP contribution in [-0.4, -0.2) is 41.7 Å². The van der Waals surface area contributed by atoms with Crippen molar-refractivity contribution in [1.29, 1.82) is 0 Å². The van der Waals surface area contributed by atoms with E-state index in [1.54, 1.807) is 24.5 Å². The van der Waals surface area contributed by atoms with Crippen molar-refractivity contribution < 1.29 is 4.79 Å². The molecule has 4 rings (SSSR count). The van der Waals surface area contributed by atoms with Gasteiger partial charge in [-0.05, 0) is 48.0 Å². The van der Waals surface area contributed by atoms with Gasteiger partial charge in [-0.15, -0.1) is 10.2 Å². The average molecular weight is 414 g/mol.